The van der Waals surface area contributed by atoms with Crippen molar-refractivity contribution in [1.29, 1.82) is 0 Å². The van der Waals surface area contributed by atoms with Gasteiger partial charge in [0, 0.05) is 13.1 Å². The van der Waals surface area contributed by atoms with Gasteiger partial charge in [-0.1, -0.05) is 0 Å². The van der Waals surface area contributed by atoms with Crippen molar-refractivity contribution in [3.05, 3.63) is 18.0 Å². The van der Waals surface area contributed by atoms with Gasteiger partial charge in [-0.15, -0.1) is 5.10 Å². The molecule has 0 aliphatic carbocycles. The van der Waals surface area contributed by atoms with Crippen LogP contribution in [0.15, 0.2) is 12.3 Å². The highest BCUT2D eigenvalue weighted by Crippen LogP contribution is 2.08. The molecule has 2 heterocycles. The number of carbonyl (C=O) groups is 2. The van der Waals surface area contributed by atoms with E-state index in [9.17, 15) is 9.59 Å². The molecule has 2 aromatic rings. The third-order valence-electron chi connectivity index (χ3n) is 2.60. The highest BCUT2D eigenvalue weighted by molar-refractivity contribution is 5.89. The van der Waals surface area contributed by atoms with Gasteiger partial charge in [0.15, 0.2) is 5.82 Å². The lowest BCUT2D eigenvalue weighted by atomic mass is 10.4. The van der Waals surface area contributed by atoms with Gasteiger partial charge in [0.05, 0.1) is 18.5 Å². The van der Waals surface area contributed by atoms with E-state index in [4.69, 9.17) is 4.74 Å². The Morgan fingerprint density at radius 2 is 2.09 bits per heavy atom. The third-order valence-corrected chi connectivity index (χ3v) is 2.60. The lowest BCUT2D eigenvalue weighted by molar-refractivity contribution is -0.117. The van der Waals surface area contributed by atoms with Gasteiger partial charge in [0.25, 0.3) is 0 Å². The fourth-order valence-corrected chi connectivity index (χ4v) is 1.74. The summed E-state index contributed by atoms with van der Waals surface area (Å²) >= 11 is 0. The van der Waals surface area contributed by atoms with Crippen LogP contribution in [0.3, 0.4) is 0 Å². The zero-order valence-electron chi connectivity index (χ0n) is 12.5. The number of anilines is 2. The summed E-state index contributed by atoms with van der Waals surface area (Å²) in [5.41, 5.74) is 0.802. The van der Waals surface area contributed by atoms with E-state index >= 15 is 0 Å². The van der Waals surface area contributed by atoms with Crippen LogP contribution in [0.5, 0.6) is 0 Å². The zero-order chi connectivity index (χ0) is 16.1. The molecule has 2 N–H and O–H groups in total. The molecule has 2 amide bonds. The van der Waals surface area contributed by atoms with Gasteiger partial charge >= 0.3 is 6.09 Å². The van der Waals surface area contributed by atoms with Crippen molar-refractivity contribution in [3.63, 3.8) is 0 Å². The van der Waals surface area contributed by atoms with Crippen LogP contribution >= 0.6 is 0 Å². The van der Waals surface area contributed by atoms with E-state index < -0.39 is 6.09 Å². The maximum Gasteiger partial charge on any atom is 0.412 e. The van der Waals surface area contributed by atoms with Gasteiger partial charge in [0.1, 0.15) is 12.4 Å². The first-order valence-electron chi connectivity index (χ1n) is 6.62. The number of hydrogen-bond donors (Lipinski definition) is 2. The number of nitrogens with zero attached hydrogens (tertiary/aromatic N) is 5. The van der Waals surface area contributed by atoms with Gasteiger partial charge in [0.2, 0.25) is 5.91 Å². The third kappa shape index (κ3) is 4.04. The SMILES string of the molecule is CCOC(=O)Nc1cnn(CC(=O)Nc2cc(C)nn2C)n1. The lowest BCUT2D eigenvalue weighted by Gasteiger charge is -2.04. The Morgan fingerprint density at radius 1 is 1.32 bits per heavy atom. The smallest absolute Gasteiger partial charge is 0.412 e. The Kier molecular flexibility index (Phi) is 4.71. The van der Waals surface area contributed by atoms with Crippen LogP contribution in [0.4, 0.5) is 16.4 Å². The standard InChI is InChI=1S/C12H17N7O3/c1-4-22-12(21)14-9-6-13-19(17-9)7-11(20)15-10-5-8(2)16-18(10)3/h5-6H,4,7H2,1-3H3,(H,15,20)(H,14,17,21). The minimum atomic E-state index is -0.621. The molecule has 2 rings (SSSR count). The van der Waals surface area contributed by atoms with E-state index in [1.54, 1.807) is 24.7 Å². The largest absolute Gasteiger partial charge is 0.450 e. The second-order valence-corrected chi connectivity index (χ2v) is 4.45. The van der Waals surface area contributed by atoms with Crippen molar-refractivity contribution < 1.29 is 14.3 Å². The van der Waals surface area contributed by atoms with Crippen LogP contribution in [0, 0.1) is 6.92 Å². The summed E-state index contributed by atoms with van der Waals surface area (Å²) in [7, 11) is 1.73. The van der Waals surface area contributed by atoms with Crippen molar-refractivity contribution in [2.75, 3.05) is 17.2 Å². The first-order valence-corrected chi connectivity index (χ1v) is 6.62. The molecule has 118 valence electrons. The number of carbonyl (C=O) groups excluding carboxylic acids is 2. The number of rotatable bonds is 5. The van der Waals surface area contributed by atoms with Gasteiger partial charge in [-0.2, -0.15) is 15.0 Å². The maximum absolute atomic E-state index is 11.9. The molecular weight excluding hydrogens is 290 g/mol. The molecule has 22 heavy (non-hydrogen) atoms. The zero-order valence-corrected chi connectivity index (χ0v) is 12.5. The Morgan fingerprint density at radius 3 is 2.73 bits per heavy atom. The number of ether oxygens (including phenoxy) is 1. The van der Waals surface area contributed by atoms with Crippen LogP contribution in [0.1, 0.15) is 12.6 Å². The van der Waals surface area contributed by atoms with Crippen LogP contribution in [0.25, 0.3) is 0 Å². The first kappa shape index (κ1) is 15.5. The molecule has 0 aliphatic rings. The maximum atomic E-state index is 11.9. The van der Waals surface area contributed by atoms with E-state index in [1.807, 2.05) is 6.92 Å². The molecule has 0 radical (unpaired) electrons. The average Bonchev–Trinajstić information content (AvgIpc) is 2.97. The molecule has 0 spiro atoms. The molecule has 10 heteroatoms. The van der Waals surface area contributed by atoms with Gasteiger partial charge < -0.3 is 10.1 Å². The topological polar surface area (TPSA) is 116 Å². The summed E-state index contributed by atoms with van der Waals surface area (Å²) < 4.78 is 6.28. The lowest BCUT2D eigenvalue weighted by Crippen LogP contribution is -2.22. The predicted octanol–water partition coefficient (Wildman–Crippen LogP) is 0.527. The molecule has 0 aromatic carbocycles. The van der Waals surface area contributed by atoms with Crippen molar-refractivity contribution >= 4 is 23.6 Å². The minimum absolute atomic E-state index is 0.0886. The molecule has 2 aromatic heterocycles. The number of hydrogen-bond acceptors (Lipinski definition) is 6. The number of nitrogens with one attached hydrogen (secondary N) is 2. The molecule has 0 fully saturated rings. The van der Waals surface area contributed by atoms with Crippen molar-refractivity contribution in [2.24, 2.45) is 7.05 Å². The second-order valence-electron chi connectivity index (χ2n) is 4.45. The molecule has 0 atom stereocenters. The molecule has 0 saturated heterocycles. The van der Waals surface area contributed by atoms with Gasteiger partial charge in [-0.3, -0.25) is 14.8 Å². The van der Waals surface area contributed by atoms with E-state index in [2.05, 4.69) is 25.9 Å². The van der Waals surface area contributed by atoms with Gasteiger partial charge in [-0.05, 0) is 13.8 Å². The van der Waals surface area contributed by atoms with E-state index in [0.717, 1.165) is 5.69 Å². The van der Waals surface area contributed by atoms with E-state index in [-0.39, 0.29) is 24.9 Å². The average molecular weight is 307 g/mol. The predicted molar refractivity (Wildman–Crippen MR) is 77.2 cm³/mol. The molecule has 0 unspecified atom stereocenters. The Labute approximate surface area is 126 Å². The normalized spacial score (nSPS) is 10.3. The van der Waals surface area contributed by atoms with E-state index in [0.29, 0.717) is 5.82 Å². The number of aromatic nitrogens is 5. The van der Waals surface area contributed by atoms with Crippen molar-refractivity contribution in [1.82, 2.24) is 24.8 Å². The molecule has 0 aliphatic heterocycles. The van der Waals surface area contributed by atoms with Crippen molar-refractivity contribution in [2.45, 2.75) is 20.4 Å². The summed E-state index contributed by atoms with van der Waals surface area (Å²) in [6.45, 7) is 3.69. The minimum Gasteiger partial charge on any atom is -0.450 e. The molecule has 0 bridgehead atoms. The molecule has 10 nitrogen and oxygen atoms in total. The molecule has 0 saturated carbocycles. The summed E-state index contributed by atoms with van der Waals surface area (Å²) in [4.78, 5) is 24.3. The fraction of sp³-hybridized carbons (Fsp3) is 0.417. The summed E-state index contributed by atoms with van der Waals surface area (Å²) in [5, 5.41) is 17.1. The first-order chi connectivity index (χ1) is 10.5. The summed E-state index contributed by atoms with van der Waals surface area (Å²) in [6.07, 6.45) is 0.711. The quantitative estimate of drug-likeness (QED) is 0.832. The highest BCUT2D eigenvalue weighted by atomic mass is 16.5. The van der Waals surface area contributed by atoms with Crippen LogP contribution in [-0.2, 0) is 23.1 Å². The summed E-state index contributed by atoms with van der Waals surface area (Å²) in [6, 6.07) is 1.75. The van der Waals surface area contributed by atoms with Crippen molar-refractivity contribution in [3.8, 4) is 0 Å². The Hall–Kier alpha value is -2.91. The molecular formula is C12H17N7O3. The monoisotopic (exact) mass is 307 g/mol. The highest BCUT2D eigenvalue weighted by Gasteiger charge is 2.11. The second kappa shape index (κ2) is 6.70. The Balaban J connectivity index is 1.91. The van der Waals surface area contributed by atoms with Crippen LogP contribution < -0.4 is 10.6 Å². The van der Waals surface area contributed by atoms with Gasteiger partial charge in [-0.25, -0.2) is 4.79 Å². The van der Waals surface area contributed by atoms with Crippen LogP contribution in [-0.4, -0.2) is 43.4 Å². The number of aryl methyl sites for hydroxylation is 2. The number of amides is 2. The van der Waals surface area contributed by atoms with E-state index in [1.165, 1.54) is 11.0 Å². The Bertz CT molecular complexity index is 676. The summed E-state index contributed by atoms with van der Waals surface area (Å²) in [5.74, 6) is 0.489. The van der Waals surface area contributed by atoms with Crippen LogP contribution in [0.2, 0.25) is 0 Å². The fourth-order valence-electron chi connectivity index (χ4n) is 1.74.